The molecule has 0 spiro atoms. The average Bonchev–Trinajstić information content (AvgIpc) is 2.31. The topological polar surface area (TPSA) is 22.1 Å². The van der Waals surface area contributed by atoms with Crippen LogP contribution in [0.4, 0.5) is 0 Å². The third-order valence-corrected chi connectivity index (χ3v) is 3.63. The highest BCUT2D eigenvalue weighted by molar-refractivity contribution is 6.32. The molecule has 0 aliphatic heterocycles. The number of aryl methyl sites for hydroxylation is 3. The van der Waals surface area contributed by atoms with Gasteiger partial charge in [0.2, 0.25) is 0 Å². The Labute approximate surface area is 117 Å². The molecule has 2 nitrogen and oxygen atoms in total. The molecular weight excluding hydrogens is 269 g/mol. The summed E-state index contributed by atoms with van der Waals surface area (Å²) in [6.45, 7) is 5.79. The van der Waals surface area contributed by atoms with E-state index in [0.29, 0.717) is 10.9 Å². The molecule has 0 N–H and O–H groups in total. The molecular formula is C14H13Cl2NO. The van der Waals surface area contributed by atoms with E-state index in [2.05, 4.69) is 4.98 Å². The quantitative estimate of drug-likeness (QED) is 0.714. The van der Waals surface area contributed by atoms with Crippen LogP contribution in [0, 0.1) is 20.8 Å². The van der Waals surface area contributed by atoms with Gasteiger partial charge in [0.25, 0.3) is 0 Å². The van der Waals surface area contributed by atoms with Crippen molar-refractivity contribution in [2.45, 2.75) is 20.8 Å². The Bertz CT molecular complexity index is 573. The fourth-order valence-electron chi connectivity index (χ4n) is 1.69. The van der Waals surface area contributed by atoms with Gasteiger partial charge in [0.15, 0.2) is 0 Å². The van der Waals surface area contributed by atoms with Crippen LogP contribution in [0.3, 0.4) is 0 Å². The monoisotopic (exact) mass is 281 g/mol. The molecule has 0 fully saturated rings. The highest BCUT2D eigenvalue weighted by Crippen LogP contribution is 2.29. The van der Waals surface area contributed by atoms with E-state index in [1.165, 1.54) is 0 Å². The number of benzene rings is 1. The predicted molar refractivity (Wildman–Crippen MR) is 75.0 cm³/mol. The molecule has 0 aliphatic rings. The Balaban J connectivity index is 2.31. The second-order valence-electron chi connectivity index (χ2n) is 4.25. The molecule has 18 heavy (non-hydrogen) atoms. The third kappa shape index (κ3) is 2.77. The van der Waals surface area contributed by atoms with Crippen molar-refractivity contribution in [2.75, 3.05) is 0 Å². The third-order valence-electron chi connectivity index (χ3n) is 2.63. The van der Waals surface area contributed by atoms with E-state index in [1.807, 2.05) is 39.0 Å². The maximum absolute atomic E-state index is 6.11. The lowest BCUT2D eigenvalue weighted by Gasteiger charge is -2.10. The van der Waals surface area contributed by atoms with Crippen molar-refractivity contribution >= 4 is 23.2 Å². The van der Waals surface area contributed by atoms with Crippen molar-refractivity contribution < 1.29 is 4.74 Å². The maximum atomic E-state index is 6.11. The molecule has 0 aliphatic carbocycles. The van der Waals surface area contributed by atoms with Crippen molar-refractivity contribution in [2.24, 2.45) is 0 Å². The minimum atomic E-state index is 0.491. The highest BCUT2D eigenvalue weighted by Gasteiger charge is 2.06. The Morgan fingerprint density at radius 2 is 1.44 bits per heavy atom. The summed E-state index contributed by atoms with van der Waals surface area (Å²) in [5, 5.41) is 1.26. The Morgan fingerprint density at radius 1 is 0.889 bits per heavy atom. The standard InChI is InChI=1S/C14H13Cl2NO/c1-8-4-11(5-9(2)13(8)15)18-12-6-10(3)14(16)17-7-12/h4-7H,1-3H3. The average molecular weight is 282 g/mol. The number of ether oxygens (including phenoxy) is 1. The fourth-order valence-corrected chi connectivity index (χ4v) is 1.90. The van der Waals surface area contributed by atoms with Gasteiger partial charge in [0.05, 0.1) is 6.20 Å². The molecule has 2 rings (SSSR count). The first-order valence-corrected chi connectivity index (χ1v) is 6.29. The minimum absolute atomic E-state index is 0.491. The zero-order chi connectivity index (χ0) is 13.3. The summed E-state index contributed by atoms with van der Waals surface area (Å²) >= 11 is 12.0. The van der Waals surface area contributed by atoms with Crippen LogP contribution in [0.25, 0.3) is 0 Å². The molecule has 0 saturated heterocycles. The minimum Gasteiger partial charge on any atom is -0.456 e. The molecule has 94 valence electrons. The van der Waals surface area contributed by atoms with Crippen molar-refractivity contribution in [3.05, 3.63) is 51.3 Å². The molecule has 2 aromatic rings. The summed E-state index contributed by atoms with van der Waals surface area (Å²) in [5.41, 5.74) is 2.87. The van der Waals surface area contributed by atoms with Crippen LogP contribution in [0.5, 0.6) is 11.5 Å². The van der Waals surface area contributed by atoms with E-state index in [9.17, 15) is 0 Å². The molecule has 0 bridgehead atoms. The number of pyridine rings is 1. The Morgan fingerprint density at radius 3 is 2.00 bits per heavy atom. The van der Waals surface area contributed by atoms with Crippen LogP contribution in [0.1, 0.15) is 16.7 Å². The zero-order valence-electron chi connectivity index (χ0n) is 10.4. The molecule has 0 amide bonds. The van der Waals surface area contributed by atoms with Gasteiger partial charge in [-0.1, -0.05) is 23.2 Å². The van der Waals surface area contributed by atoms with Gasteiger partial charge < -0.3 is 4.74 Å². The van der Waals surface area contributed by atoms with Crippen molar-refractivity contribution in [3.8, 4) is 11.5 Å². The summed E-state index contributed by atoms with van der Waals surface area (Å²) in [6.07, 6.45) is 1.61. The van der Waals surface area contributed by atoms with Crippen molar-refractivity contribution in [1.29, 1.82) is 0 Å². The summed E-state index contributed by atoms with van der Waals surface area (Å²) in [4.78, 5) is 4.05. The van der Waals surface area contributed by atoms with Crippen LogP contribution >= 0.6 is 23.2 Å². The number of halogens is 2. The first-order valence-electron chi connectivity index (χ1n) is 5.54. The van der Waals surface area contributed by atoms with E-state index >= 15 is 0 Å². The Kier molecular flexibility index (Phi) is 3.79. The van der Waals surface area contributed by atoms with E-state index < -0.39 is 0 Å². The second-order valence-corrected chi connectivity index (χ2v) is 4.99. The summed E-state index contributed by atoms with van der Waals surface area (Å²) in [5.74, 6) is 1.41. The molecule has 1 aromatic heterocycles. The van der Waals surface area contributed by atoms with Gasteiger partial charge in [-0.2, -0.15) is 0 Å². The van der Waals surface area contributed by atoms with Crippen LogP contribution in [-0.2, 0) is 0 Å². The van der Waals surface area contributed by atoms with Crippen LogP contribution < -0.4 is 4.74 Å². The van der Waals surface area contributed by atoms with E-state index in [1.54, 1.807) is 6.20 Å². The first-order chi connectivity index (χ1) is 8.47. The molecule has 0 unspecified atom stereocenters. The lowest BCUT2D eigenvalue weighted by molar-refractivity contribution is 0.479. The molecule has 1 heterocycles. The van der Waals surface area contributed by atoms with Crippen LogP contribution in [0.2, 0.25) is 10.2 Å². The van der Waals surface area contributed by atoms with Crippen LogP contribution in [0.15, 0.2) is 24.4 Å². The number of rotatable bonds is 2. The largest absolute Gasteiger partial charge is 0.456 e. The van der Waals surface area contributed by atoms with Gasteiger partial charge in [-0.3, -0.25) is 0 Å². The van der Waals surface area contributed by atoms with Gasteiger partial charge in [0, 0.05) is 5.02 Å². The summed E-state index contributed by atoms with van der Waals surface area (Å²) < 4.78 is 5.75. The van der Waals surface area contributed by atoms with E-state index in [4.69, 9.17) is 27.9 Å². The first kappa shape index (κ1) is 13.2. The van der Waals surface area contributed by atoms with E-state index in [-0.39, 0.29) is 0 Å². The summed E-state index contributed by atoms with van der Waals surface area (Å²) in [6, 6.07) is 5.66. The maximum Gasteiger partial charge on any atom is 0.146 e. The molecule has 0 atom stereocenters. The zero-order valence-corrected chi connectivity index (χ0v) is 11.9. The molecule has 0 radical (unpaired) electrons. The second kappa shape index (κ2) is 5.17. The van der Waals surface area contributed by atoms with Crippen molar-refractivity contribution in [1.82, 2.24) is 4.98 Å². The normalized spacial score (nSPS) is 10.5. The van der Waals surface area contributed by atoms with Crippen LogP contribution in [-0.4, -0.2) is 4.98 Å². The van der Waals surface area contributed by atoms with Gasteiger partial charge in [0.1, 0.15) is 16.7 Å². The molecule has 4 heteroatoms. The Hall–Kier alpha value is -1.25. The summed E-state index contributed by atoms with van der Waals surface area (Å²) in [7, 11) is 0. The van der Waals surface area contributed by atoms with E-state index in [0.717, 1.165) is 27.5 Å². The van der Waals surface area contributed by atoms with Gasteiger partial charge in [-0.15, -0.1) is 0 Å². The lowest BCUT2D eigenvalue weighted by atomic mass is 10.1. The number of hydrogen-bond acceptors (Lipinski definition) is 2. The van der Waals surface area contributed by atoms with Gasteiger partial charge in [-0.25, -0.2) is 4.98 Å². The number of nitrogens with zero attached hydrogens (tertiary/aromatic N) is 1. The SMILES string of the molecule is Cc1cc(Oc2cc(C)c(Cl)c(C)c2)cnc1Cl. The van der Waals surface area contributed by atoms with Gasteiger partial charge in [-0.05, 0) is 55.7 Å². The predicted octanol–water partition coefficient (Wildman–Crippen LogP) is 5.11. The molecule has 1 aromatic carbocycles. The number of aromatic nitrogens is 1. The highest BCUT2D eigenvalue weighted by atomic mass is 35.5. The van der Waals surface area contributed by atoms with Gasteiger partial charge >= 0.3 is 0 Å². The smallest absolute Gasteiger partial charge is 0.146 e. The lowest BCUT2D eigenvalue weighted by Crippen LogP contribution is -1.90. The van der Waals surface area contributed by atoms with Crippen molar-refractivity contribution in [3.63, 3.8) is 0 Å². The number of hydrogen-bond donors (Lipinski definition) is 0. The molecule has 0 saturated carbocycles. The fraction of sp³-hybridized carbons (Fsp3) is 0.214.